The van der Waals surface area contributed by atoms with Crippen LogP contribution in [0, 0.1) is 0 Å². The van der Waals surface area contributed by atoms with Crippen molar-refractivity contribution in [2.45, 2.75) is 13.0 Å². The number of rotatable bonds is 3. The number of morpholine rings is 1. The lowest BCUT2D eigenvalue weighted by Gasteiger charge is -2.36. The van der Waals surface area contributed by atoms with Gasteiger partial charge in [-0.05, 0) is 29.8 Å². The maximum absolute atomic E-state index is 12.9. The second kappa shape index (κ2) is 7.27. The molecule has 1 unspecified atom stereocenters. The maximum atomic E-state index is 12.9. The average molecular weight is 324 g/mol. The molecule has 2 amide bonds. The topological polar surface area (TPSA) is 58.6 Å². The number of amides is 2. The predicted octanol–water partition coefficient (Wildman–Crippen LogP) is 2.86. The van der Waals surface area contributed by atoms with Crippen molar-refractivity contribution in [1.82, 2.24) is 4.90 Å². The second-order valence-corrected chi connectivity index (χ2v) is 5.76. The van der Waals surface area contributed by atoms with Crippen LogP contribution in [0.15, 0.2) is 54.6 Å². The molecule has 0 spiro atoms. The molecule has 2 aromatic carbocycles. The summed E-state index contributed by atoms with van der Waals surface area (Å²) in [5.74, 6) is -0.159. The number of anilines is 1. The number of nitrogens with one attached hydrogen (secondary N) is 1. The third-order valence-electron chi connectivity index (χ3n) is 4.03. The Balaban J connectivity index is 1.80. The van der Waals surface area contributed by atoms with Crippen LogP contribution in [0.5, 0.6) is 0 Å². The average Bonchev–Trinajstić information content (AvgIpc) is 2.62. The van der Waals surface area contributed by atoms with E-state index in [9.17, 15) is 9.59 Å². The Bertz CT molecular complexity index is 713. The van der Waals surface area contributed by atoms with Gasteiger partial charge in [0.2, 0.25) is 5.91 Å². The summed E-state index contributed by atoms with van der Waals surface area (Å²) in [7, 11) is 0. The Hall–Kier alpha value is -2.66. The largest absolute Gasteiger partial charge is 0.377 e. The molecule has 1 heterocycles. The highest BCUT2D eigenvalue weighted by molar-refractivity contribution is 5.95. The summed E-state index contributed by atoms with van der Waals surface area (Å²) < 4.78 is 5.57. The van der Waals surface area contributed by atoms with Crippen molar-refractivity contribution in [3.8, 4) is 0 Å². The van der Waals surface area contributed by atoms with Crippen LogP contribution in [0.25, 0.3) is 0 Å². The fraction of sp³-hybridized carbons (Fsp3) is 0.263. The van der Waals surface area contributed by atoms with Crippen LogP contribution >= 0.6 is 0 Å². The summed E-state index contributed by atoms with van der Waals surface area (Å²) in [6.45, 7) is 3.06. The molecule has 5 nitrogen and oxygen atoms in total. The number of carbonyl (C=O) groups excluding carboxylic acids is 2. The molecule has 0 aromatic heterocycles. The summed E-state index contributed by atoms with van der Waals surface area (Å²) in [6.07, 6.45) is 0. The number of nitrogens with zero attached hydrogens (tertiary/aromatic N) is 1. The van der Waals surface area contributed by atoms with E-state index in [1.807, 2.05) is 35.2 Å². The van der Waals surface area contributed by atoms with E-state index in [-0.39, 0.29) is 17.9 Å². The first-order valence-electron chi connectivity index (χ1n) is 7.96. The van der Waals surface area contributed by atoms with Gasteiger partial charge in [-0.15, -0.1) is 0 Å². The molecule has 0 saturated carbocycles. The molecule has 1 aliphatic rings. The highest BCUT2D eigenvalue weighted by Gasteiger charge is 2.29. The predicted molar refractivity (Wildman–Crippen MR) is 91.8 cm³/mol. The van der Waals surface area contributed by atoms with E-state index in [2.05, 4.69) is 5.32 Å². The molecule has 1 N–H and O–H groups in total. The van der Waals surface area contributed by atoms with Gasteiger partial charge in [0, 0.05) is 24.7 Å². The van der Waals surface area contributed by atoms with Crippen molar-refractivity contribution in [3.63, 3.8) is 0 Å². The molecular weight excluding hydrogens is 304 g/mol. The molecule has 1 atom stereocenters. The van der Waals surface area contributed by atoms with Gasteiger partial charge in [0.05, 0.1) is 19.3 Å². The first-order valence-corrected chi connectivity index (χ1v) is 7.96. The van der Waals surface area contributed by atoms with Gasteiger partial charge >= 0.3 is 0 Å². The monoisotopic (exact) mass is 324 g/mol. The van der Waals surface area contributed by atoms with Crippen LogP contribution in [0.1, 0.15) is 28.9 Å². The zero-order valence-electron chi connectivity index (χ0n) is 13.6. The number of ether oxygens (including phenoxy) is 1. The molecular formula is C19H20N2O3. The van der Waals surface area contributed by atoms with E-state index < -0.39 is 0 Å². The molecule has 1 saturated heterocycles. The van der Waals surface area contributed by atoms with Gasteiger partial charge in [-0.25, -0.2) is 0 Å². The fourth-order valence-electron chi connectivity index (χ4n) is 2.86. The lowest BCUT2D eigenvalue weighted by molar-refractivity contribution is -0.114. The summed E-state index contributed by atoms with van der Waals surface area (Å²) in [5, 5.41) is 2.70. The number of hydrogen-bond acceptors (Lipinski definition) is 3. The quantitative estimate of drug-likeness (QED) is 0.944. The van der Waals surface area contributed by atoms with Gasteiger partial charge in [-0.1, -0.05) is 30.3 Å². The van der Waals surface area contributed by atoms with Crippen molar-refractivity contribution in [2.75, 3.05) is 25.1 Å². The first-order chi connectivity index (χ1) is 11.6. The Kier molecular flexibility index (Phi) is 4.91. The lowest BCUT2D eigenvalue weighted by atomic mass is 10.0. The minimum atomic E-state index is -0.133. The van der Waals surface area contributed by atoms with Crippen LogP contribution in [0.4, 0.5) is 5.69 Å². The molecule has 124 valence electrons. The Morgan fingerprint density at radius 2 is 1.79 bits per heavy atom. The molecule has 3 rings (SSSR count). The number of carbonyl (C=O) groups is 2. The van der Waals surface area contributed by atoms with E-state index in [1.54, 1.807) is 24.3 Å². The Morgan fingerprint density at radius 3 is 2.46 bits per heavy atom. The third kappa shape index (κ3) is 3.63. The van der Waals surface area contributed by atoms with Crippen molar-refractivity contribution < 1.29 is 14.3 Å². The van der Waals surface area contributed by atoms with Gasteiger partial charge in [-0.3, -0.25) is 9.59 Å². The van der Waals surface area contributed by atoms with E-state index in [4.69, 9.17) is 4.74 Å². The molecule has 0 bridgehead atoms. The molecule has 5 heteroatoms. The highest BCUT2D eigenvalue weighted by Crippen LogP contribution is 2.26. The molecule has 0 aliphatic carbocycles. The number of hydrogen-bond donors (Lipinski definition) is 1. The molecule has 24 heavy (non-hydrogen) atoms. The second-order valence-electron chi connectivity index (χ2n) is 5.76. The molecule has 1 fully saturated rings. The summed E-state index contributed by atoms with van der Waals surface area (Å²) in [6, 6.07) is 16.8. The van der Waals surface area contributed by atoms with Crippen molar-refractivity contribution in [1.29, 1.82) is 0 Å². The van der Waals surface area contributed by atoms with Crippen molar-refractivity contribution in [2.24, 2.45) is 0 Å². The van der Waals surface area contributed by atoms with Crippen LogP contribution in [-0.4, -0.2) is 36.5 Å². The summed E-state index contributed by atoms with van der Waals surface area (Å²) >= 11 is 0. The van der Waals surface area contributed by atoms with Crippen LogP contribution < -0.4 is 5.32 Å². The standard InChI is InChI=1S/C19H20N2O3/c1-14(22)20-17-9-7-16(8-10-17)19(23)21-11-12-24-13-18(21)15-5-3-2-4-6-15/h2-10,18H,11-13H2,1H3,(H,20,22). The smallest absolute Gasteiger partial charge is 0.254 e. The van der Waals surface area contributed by atoms with Gasteiger partial charge in [0.25, 0.3) is 5.91 Å². The highest BCUT2D eigenvalue weighted by atomic mass is 16.5. The minimum Gasteiger partial charge on any atom is -0.377 e. The van der Waals surface area contributed by atoms with E-state index in [1.165, 1.54) is 6.92 Å². The van der Waals surface area contributed by atoms with Crippen molar-refractivity contribution >= 4 is 17.5 Å². The van der Waals surface area contributed by atoms with Crippen LogP contribution in [0.3, 0.4) is 0 Å². The molecule has 0 radical (unpaired) electrons. The van der Waals surface area contributed by atoms with E-state index >= 15 is 0 Å². The minimum absolute atomic E-state index is 0.0264. The van der Waals surface area contributed by atoms with Gasteiger partial charge in [0.1, 0.15) is 0 Å². The Labute approximate surface area is 141 Å². The molecule has 1 aliphatic heterocycles. The lowest BCUT2D eigenvalue weighted by Crippen LogP contribution is -2.43. The third-order valence-corrected chi connectivity index (χ3v) is 4.03. The normalized spacial score (nSPS) is 17.4. The number of benzene rings is 2. The fourth-order valence-corrected chi connectivity index (χ4v) is 2.86. The zero-order chi connectivity index (χ0) is 16.9. The van der Waals surface area contributed by atoms with Crippen molar-refractivity contribution in [3.05, 3.63) is 65.7 Å². The molecule has 2 aromatic rings. The van der Waals surface area contributed by atoms with Crippen LogP contribution in [-0.2, 0) is 9.53 Å². The van der Waals surface area contributed by atoms with Gasteiger partial charge in [-0.2, -0.15) is 0 Å². The summed E-state index contributed by atoms with van der Waals surface area (Å²) in [4.78, 5) is 25.8. The van der Waals surface area contributed by atoms with E-state index in [0.717, 1.165) is 5.56 Å². The maximum Gasteiger partial charge on any atom is 0.254 e. The summed E-state index contributed by atoms with van der Waals surface area (Å²) in [5.41, 5.74) is 2.35. The Morgan fingerprint density at radius 1 is 1.08 bits per heavy atom. The van der Waals surface area contributed by atoms with Gasteiger partial charge < -0.3 is 15.0 Å². The van der Waals surface area contributed by atoms with Gasteiger partial charge in [0.15, 0.2) is 0 Å². The first kappa shape index (κ1) is 16.2. The van der Waals surface area contributed by atoms with Crippen LogP contribution in [0.2, 0.25) is 0 Å². The van der Waals surface area contributed by atoms with E-state index in [0.29, 0.717) is 31.0 Å². The SMILES string of the molecule is CC(=O)Nc1ccc(C(=O)N2CCOCC2c2ccccc2)cc1. The zero-order valence-corrected chi connectivity index (χ0v) is 13.6.